The second-order valence-corrected chi connectivity index (χ2v) is 32.4. The number of para-hydroxylation sites is 1. The van der Waals surface area contributed by atoms with Crippen LogP contribution in [0.1, 0.15) is 0 Å². The largest absolute Gasteiger partial charge is 0.309 e. The van der Waals surface area contributed by atoms with Crippen molar-refractivity contribution in [3.05, 3.63) is 237 Å². The van der Waals surface area contributed by atoms with E-state index in [9.17, 15) is 0 Å². The summed E-state index contributed by atoms with van der Waals surface area (Å²) in [5, 5.41) is 12.6. The Balaban J connectivity index is 1.09. The summed E-state index contributed by atoms with van der Waals surface area (Å²) in [6.45, 7) is 9.64. The number of hydrogen-bond donors (Lipinski definition) is 0. The Hall–Kier alpha value is -6.33. The van der Waals surface area contributed by atoms with Gasteiger partial charge in [-0.2, -0.15) is 0 Å². The van der Waals surface area contributed by atoms with E-state index in [2.05, 4.69) is 146 Å². The van der Waals surface area contributed by atoms with Crippen molar-refractivity contribution < 1.29 is 9.13 Å². The molecule has 10 rings (SSSR count). The Kier molecular flexibility index (Phi) is 11.1. The molecule has 9 aromatic carbocycles. The third-order valence-electron chi connectivity index (χ3n) is 13.6. The lowest BCUT2D eigenvalue weighted by molar-refractivity contribution is 0.591. The van der Waals surface area contributed by atoms with Crippen LogP contribution in [-0.4, -0.2) is 20.7 Å². The summed E-state index contributed by atoms with van der Waals surface area (Å²) < 4.78 is 33.4. The van der Waals surface area contributed by atoms with Gasteiger partial charge in [0.15, 0.2) is 14.3 Å². The van der Waals surface area contributed by atoms with Crippen LogP contribution in [0.15, 0.2) is 237 Å². The van der Waals surface area contributed by atoms with Crippen LogP contribution in [0.5, 0.6) is 0 Å². The van der Waals surface area contributed by atoms with Crippen LogP contribution in [0.3, 0.4) is 0 Å². The molecular formula is C58H51NO2P2Si2. The van der Waals surface area contributed by atoms with Gasteiger partial charge in [0.2, 0.25) is 0 Å². The first-order valence-electron chi connectivity index (χ1n) is 22.3. The summed E-state index contributed by atoms with van der Waals surface area (Å²) in [4.78, 5) is 0. The van der Waals surface area contributed by atoms with E-state index in [0.717, 1.165) is 37.5 Å². The quantitative estimate of drug-likeness (QED) is 0.0959. The number of nitrogens with zero attached hydrogens (tertiary/aromatic N) is 1. The standard InChI is InChI=1S/C58H51NO2P2Si2/c1-64(2,51-34-20-32-49(40-51)62(60,45-24-12-6-13-25-45)46-26-14-7-15-27-46)53-36-38-55-56-39-37-54(43-58(56)59(57(55)42-53)44-22-10-5-11-23-44)65(3,4)52-35-21-33-50(41-52)63(61,47-28-16-8-17-29-47)48-30-18-9-19-31-48/h5-43H,1-4H3. The van der Waals surface area contributed by atoms with E-state index in [1.165, 1.54) is 42.6 Å². The lowest BCUT2D eigenvalue weighted by Crippen LogP contribution is -2.53. The Morgan fingerprint density at radius 2 is 0.600 bits per heavy atom. The lowest BCUT2D eigenvalue weighted by atomic mass is 10.1. The zero-order chi connectivity index (χ0) is 44.8. The van der Waals surface area contributed by atoms with Gasteiger partial charge in [-0.15, -0.1) is 0 Å². The minimum Gasteiger partial charge on any atom is -0.309 e. The zero-order valence-electron chi connectivity index (χ0n) is 37.2. The average molecular weight is 912 g/mol. The highest BCUT2D eigenvalue weighted by atomic mass is 31.2. The maximum atomic E-state index is 15.5. The monoisotopic (exact) mass is 911 g/mol. The molecule has 65 heavy (non-hydrogen) atoms. The normalized spacial score (nSPS) is 12.4. The fourth-order valence-electron chi connectivity index (χ4n) is 9.61. The van der Waals surface area contributed by atoms with Crippen LogP contribution in [0.2, 0.25) is 26.2 Å². The molecule has 7 heteroatoms. The molecule has 0 unspecified atom stereocenters. The second-order valence-electron chi connectivity index (χ2n) is 18.0. The minimum absolute atomic E-state index is 0.842. The van der Waals surface area contributed by atoms with Gasteiger partial charge in [-0.05, 0) is 24.3 Å². The Bertz CT molecular complexity index is 3130. The molecule has 0 atom stereocenters. The maximum absolute atomic E-state index is 15.5. The summed E-state index contributed by atoms with van der Waals surface area (Å²) in [7, 11) is -11.0. The van der Waals surface area contributed by atoms with Gasteiger partial charge in [-0.1, -0.05) is 259 Å². The highest BCUT2D eigenvalue weighted by Crippen LogP contribution is 2.43. The molecule has 0 saturated heterocycles. The smallest absolute Gasteiger partial charge is 0.171 e. The molecule has 1 heterocycles. The SMILES string of the molecule is C[Si](C)(c1cccc(P(=O)(c2ccccc2)c2ccccc2)c1)c1ccc2c3ccc([Si](C)(C)c4cccc(P(=O)(c5ccccc5)c5ccccc5)c4)cc3n(-c3ccccc3)c2c1. The molecule has 0 amide bonds. The summed E-state index contributed by atoms with van der Waals surface area (Å²) in [6, 6.07) is 81.9. The first-order valence-corrected chi connectivity index (χ1v) is 31.7. The number of rotatable bonds is 11. The van der Waals surface area contributed by atoms with Gasteiger partial charge in [0.05, 0.1) is 11.0 Å². The van der Waals surface area contributed by atoms with Gasteiger partial charge in [0.25, 0.3) is 0 Å². The number of benzene rings is 9. The van der Waals surface area contributed by atoms with Crippen molar-refractivity contribution in [3.8, 4) is 5.69 Å². The fraction of sp³-hybridized carbons (Fsp3) is 0.0690. The van der Waals surface area contributed by atoms with Crippen molar-refractivity contribution >= 4 is 105 Å². The summed E-state index contributed by atoms with van der Waals surface area (Å²) >= 11 is 0. The molecule has 0 spiro atoms. The van der Waals surface area contributed by atoms with E-state index >= 15 is 9.13 Å². The van der Waals surface area contributed by atoms with Crippen molar-refractivity contribution in [1.82, 2.24) is 4.57 Å². The van der Waals surface area contributed by atoms with Gasteiger partial charge in [-0.25, -0.2) is 0 Å². The Morgan fingerprint density at radius 1 is 0.308 bits per heavy atom. The van der Waals surface area contributed by atoms with Gasteiger partial charge < -0.3 is 13.7 Å². The molecule has 0 N–H and O–H groups in total. The van der Waals surface area contributed by atoms with Crippen molar-refractivity contribution in [2.45, 2.75) is 26.2 Å². The molecule has 3 nitrogen and oxygen atoms in total. The van der Waals surface area contributed by atoms with Gasteiger partial charge in [-0.3, -0.25) is 0 Å². The zero-order valence-corrected chi connectivity index (χ0v) is 41.0. The van der Waals surface area contributed by atoms with E-state index in [4.69, 9.17) is 0 Å². The van der Waals surface area contributed by atoms with E-state index in [0.29, 0.717) is 0 Å². The van der Waals surface area contributed by atoms with Crippen LogP contribution in [0, 0.1) is 0 Å². The summed E-state index contributed by atoms with van der Waals surface area (Å²) in [6.07, 6.45) is 0. The highest BCUT2D eigenvalue weighted by Gasteiger charge is 2.35. The average Bonchev–Trinajstić information content (AvgIpc) is 3.70. The van der Waals surface area contributed by atoms with Crippen LogP contribution in [0.4, 0.5) is 0 Å². The maximum Gasteiger partial charge on any atom is 0.171 e. The first kappa shape index (κ1) is 42.6. The number of fused-ring (bicyclic) bond motifs is 3. The van der Waals surface area contributed by atoms with Gasteiger partial charge >= 0.3 is 0 Å². The van der Waals surface area contributed by atoms with Crippen molar-refractivity contribution in [2.24, 2.45) is 0 Å². The highest BCUT2D eigenvalue weighted by molar-refractivity contribution is 7.85. The van der Waals surface area contributed by atoms with Gasteiger partial charge in [0.1, 0.15) is 16.1 Å². The fourth-order valence-corrected chi connectivity index (χ4v) is 20.0. The molecule has 0 radical (unpaired) electrons. The number of hydrogen-bond acceptors (Lipinski definition) is 2. The van der Waals surface area contributed by atoms with Crippen molar-refractivity contribution in [3.63, 3.8) is 0 Å². The van der Waals surface area contributed by atoms with E-state index in [1.54, 1.807) is 0 Å². The molecule has 0 aliphatic carbocycles. The van der Waals surface area contributed by atoms with Crippen LogP contribution in [0.25, 0.3) is 27.5 Å². The Morgan fingerprint density at radius 3 is 0.938 bits per heavy atom. The number of aromatic nitrogens is 1. The summed E-state index contributed by atoms with van der Waals surface area (Å²) in [5.41, 5.74) is 3.46. The molecule has 0 bridgehead atoms. The molecule has 0 saturated carbocycles. The summed E-state index contributed by atoms with van der Waals surface area (Å²) in [5.74, 6) is 0. The van der Waals surface area contributed by atoms with Crippen molar-refractivity contribution in [2.75, 3.05) is 0 Å². The van der Waals surface area contributed by atoms with Gasteiger partial charge in [0, 0.05) is 48.3 Å². The predicted octanol–water partition coefficient (Wildman–Crippen LogP) is 9.71. The van der Waals surface area contributed by atoms with Crippen LogP contribution >= 0.6 is 14.3 Å². The first-order chi connectivity index (χ1) is 31.5. The van der Waals surface area contributed by atoms with E-state index in [1.807, 2.05) is 121 Å². The molecule has 0 aliphatic rings. The molecule has 0 fully saturated rings. The minimum atomic E-state index is -3.14. The third-order valence-corrected chi connectivity index (χ3v) is 26.7. The van der Waals surface area contributed by atoms with E-state index in [-0.39, 0.29) is 0 Å². The van der Waals surface area contributed by atoms with Crippen molar-refractivity contribution in [1.29, 1.82) is 0 Å². The van der Waals surface area contributed by atoms with E-state index < -0.39 is 30.4 Å². The Labute approximate surface area is 384 Å². The molecular weight excluding hydrogens is 861 g/mol. The predicted molar refractivity (Wildman–Crippen MR) is 286 cm³/mol. The topological polar surface area (TPSA) is 39.1 Å². The lowest BCUT2D eigenvalue weighted by Gasteiger charge is -2.27. The molecule has 318 valence electrons. The van der Waals surface area contributed by atoms with Crippen LogP contribution in [-0.2, 0) is 9.13 Å². The second kappa shape index (κ2) is 16.9. The van der Waals surface area contributed by atoms with Crippen LogP contribution < -0.4 is 52.6 Å². The molecule has 0 aliphatic heterocycles. The molecule has 1 aromatic heterocycles. The third kappa shape index (κ3) is 7.38. The molecule has 10 aromatic rings.